The average Bonchev–Trinajstić information content (AvgIpc) is 2.67. The van der Waals surface area contributed by atoms with Crippen molar-refractivity contribution in [3.63, 3.8) is 0 Å². The van der Waals surface area contributed by atoms with E-state index in [-0.39, 0.29) is 11.6 Å². The summed E-state index contributed by atoms with van der Waals surface area (Å²) in [6.45, 7) is 6.20. The third-order valence-corrected chi connectivity index (χ3v) is 5.97. The van der Waals surface area contributed by atoms with Crippen molar-refractivity contribution >= 4 is 29.2 Å². The summed E-state index contributed by atoms with van der Waals surface area (Å²) in [6.07, 6.45) is 1.93. The summed E-state index contributed by atoms with van der Waals surface area (Å²) >= 11 is 12.3. The quantitative estimate of drug-likeness (QED) is 0.600. The molecule has 0 spiro atoms. The van der Waals surface area contributed by atoms with Gasteiger partial charge in [0.15, 0.2) is 0 Å². The number of piperidine rings is 1. The lowest BCUT2D eigenvalue weighted by molar-refractivity contribution is 0.0691. The number of carboxylic acids is 1. The van der Waals surface area contributed by atoms with Crippen molar-refractivity contribution in [1.82, 2.24) is 4.90 Å². The maximum Gasteiger partial charge on any atom is 0.338 e. The zero-order valence-corrected chi connectivity index (χ0v) is 17.9. The second kappa shape index (κ2) is 9.33. The number of rotatable bonds is 6. The molecular weight excluding hydrogens is 416 g/mol. The molecule has 1 aliphatic heterocycles. The van der Waals surface area contributed by atoms with Crippen LogP contribution in [-0.2, 0) is 0 Å². The van der Waals surface area contributed by atoms with E-state index in [0.717, 1.165) is 31.5 Å². The van der Waals surface area contributed by atoms with Crippen LogP contribution in [0.2, 0.25) is 10.0 Å². The molecule has 0 amide bonds. The smallest absolute Gasteiger partial charge is 0.338 e. The number of aromatic carboxylic acids is 1. The van der Waals surface area contributed by atoms with Crippen LogP contribution >= 0.6 is 23.2 Å². The predicted octanol–water partition coefficient (Wildman–Crippen LogP) is 5.99. The Bertz CT molecular complexity index is 878. The zero-order valence-electron chi connectivity index (χ0n) is 16.4. The van der Waals surface area contributed by atoms with Gasteiger partial charge in [-0.2, -0.15) is 0 Å². The van der Waals surface area contributed by atoms with E-state index in [9.17, 15) is 9.18 Å². The third kappa shape index (κ3) is 5.41. The molecule has 1 aliphatic rings. The Morgan fingerprint density at radius 3 is 2.41 bits per heavy atom. The zero-order chi connectivity index (χ0) is 21.1. The van der Waals surface area contributed by atoms with Gasteiger partial charge in [-0.1, -0.05) is 23.2 Å². The number of carbonyl (C=O) groups is 1. The number of hydrogen-bond donors (Lipinski definition) is 1. The molecule has 0 unspecified atom stereocenters. The van der Waals surface area contributed by atoms with E-state index in [2.05, 4.69) is 11.8 Å². The molecule has 1 saturated heterocycles. The Labute approximate surface area is 180 Å². The van der Waals surface area contributed by atoms with Gasteiger partial charge in [0.1, 0.15) is 11.6 Å². The highest BCUT2D eigenvalue weighted by Gasteiger charge is 2.25. The second-order valence-corrected chi connectivity index (χ2v) is 8.44. The van der Waals surface area contributed by atoms with Crippen LogP contribution in [0.25, 0.3) is 0 Å². The minimum Gasteiger partial charge on any atom is -0.493 e. The first-order valence-corrected chi connectivity index (χ1v) is 10.4. The summed E-state index contributed by atoms with van der Waals surface area (Å²) < 4.78 is 19.7. The maximum atomic E-state index is 13.9. The van der Waals surface area contributed by atoms with Crippen molar-refractivity contribution < 1.29 is 19.0 Å². The number of benzene rings is 2. The SMILES string of the molecule is Cc1cc(C(=O)O)c(F)cc1OCC1CCN([C@@H](C)c2cc(Cl)cc(Cl)c2)CC1. The van der Waals surface area contributed by atoms with Gasteiger partial charge < -0.3 is 9.84 Å². The fourth-order valence-corrected chi connectivity index (χ4v) is 4.27. The van der Waals surface area contributed by atoms with E-state index in [1.807, 2.05) is 12.1 Å². The maximum absolute atomic E-state index is 13.9. The molecule has 2 aromatic carbocycles. The highest BCUT2D eigenvalue weighted by atomic mass is 35.5. The van der Waals surface area contributed by atoms with Crippen LogP contribution in [0.1, 0.15) is 47.3 Å². The molecular formula is C22H24Cl2FNO3. The number of ether oxygens (including phenoxy) is 1. The standard InChI is InChI=1S/C22H24Cl2FNO3/c1-13-7-19(22(27)28)20(25)11-21(13)29-12-15-3-5-26(6-4-15)14(2)16-8-17(23)10-18(24)9-16/h7-11,14-15H,3-6,12H2,1-2H3,(H,27,28)/t14-/m0/s1. The highest BCUT2D eigenvalue weighted by molar-refractivity contribution is 6.34. The van der Waals surface area contributed by atoms with E-state index in [1.165, 1.54) is 12.1 Å². The lowest BCUT2D eigenvalue weighted by Crippen LogP contribution is -2.37. The van der Waals surface area contributed by atoms with Gasteiger partial charge in [0, 0.05) is 22.2 Å². The molecule has 1 N–H and O–H groups in total. The number of likely N-dealkylation sites (tertiary alicyclic amines) is 1. The lowest BCUT2D eigenvalue weighted by Gasteiger charge is -2.36. The monoisotopic (exact) mass is 439 g/mol. The molecule has 0 radical (unpaired) electrons. The van der Waals surface area contributed by atoms with Gasteiger partial charge in [0.05, 0.1) is 12.2 Å². The molecule has 2 aromatic rings. The predicted molar refractivity (Wildman–Crippen MR) is 113 cm³/mol. The molecule has 29 heavy (non-hydrogen) atoms. The van der Waals surface area contributed by atoms with E-state index >= 15 is 0 Å². The normalized spacial score (nSPS) is 16.6. The van der Waals surface area contributed by atoms with Crippen molar-refractivity contribution in [2.75, 3.05) is 19.7 Å². The Hall–Kier alpha value is -1.82. The molecule has 156 valence electrons. The number of aryl methyl sites for hydroxylation is 1. The van der Waals surface area contributed by atoms with Crippen molar-refractivity contribution in [3.8, 4) is 5.75 Å². The van der Waals surface area contributed by atoms with Crippen LogP contribution in [0.4, 0.5) is 4.39 Å². The first kappa shape index (κ1) is 21.9. The molecule has 7 heteroatoms. The number of halogens is 3. The number of carboxylic acid groups (broad SMARTS) is 1. The largest absolute Gasteiger partial charge is 0.493 e. The van der Waals surface area contributed by atoms with E-state index in [1.54, 1.807) is 13.0 Å². The van der Waals surface area contributed by atoms with Crippen molar-refractivity contribution in [2.24, 2.45) is 5.92 Å². The topological polar surface area (TPSA) is 49.8 Å². The van der Waals surface area contributed by atoms with Gasteiger partial charge >= 0.3 is 5.97 Å². The molecule has 4 nitrogen and oxygen atoms in total. The molecule has 0 aliphatic carbocycles. The van der Waals surface area contributed by atoms with Crippen LogP contribution in [-0.4, -0.2) is 35.7 Å². The molecule has 1 atom stereocenters. The van der Waals surface area contributed by atoms with Gasteiger partial charge in [-0.05, 0) is 81.1 Å². The summed E-state index contributed by atoms with van der Waals surface area (Å²) in [7, 11) is 0. The van der Waals surface area contributed by atoms with Gasteiger partial charge in [0.2, 0.25) is 0 Å². The summed E-state index contributed by atoms with van der Waals surface area (Å²) in [5.41, 5.74) is 1.38. The van der Waals surface area contributed by atoms with Crippen molar-refractivity contribution in [2.45, 2.75) is 32.7 Å². The minimum atomic E-state index is -1.28. The van der Waals surface area contributed by atoms with Gasteiger partial charge in [-0.15, -0.1) is 0 Å². The summed E-state index contributed by atoms with van der Waals surface area (Å²) in [5, 5.41) is 10.3. The van der Waals surface area contributed by atoms with E-state index in [4.69, 9.17) is 33.0 Å². The van der Waals surface area contributed by atoms with Crippen LogP contribution in [0, 0.1) is 18.7 Å². The molecule has 0 bridgehead atoms. The highest BCUT2D eigenvalue weighted by Crippen LogP contribution is 2.31. The minimum absolute atomic E-state index is 0.216. The first-order valence-electron chi connectivity index (χ1n) is 9.61. The van der Waals surface area contributed by atoms with Gasteiger partial charge in [-0.3, -0.25) is 4.90 Å². The Kier molecular flexibility index (Phi) is 7.04. The summed E-state index contributed by atoms with van der Waals surface area (Å²) in [4.78, 5) is 13.4. The van der Waals surface area contributed by atoms with Crippen LogP contribution < -0.4 is 4.74 Å². The number of hydrogen-bond acceptors (Lipinski definition) is 3. The summed E-state index contributed by atoms with van der Waals surface area (Å²) in [5.74, 6) is -1.29. The fourth-order valence-electron chi connectivity index (χ4n) is 3.72. The van der Waals surface area contributed by atoms with Gasteiger partial charge in [0.25, 0.3) is 0 Å². The van der Waals surface area contributed by atoms with Crippen molar-refractivity contribution in [3.05, 3.63) is 62.9 Å². The molecule has 3 rings (SSSR count). The molecule has 0 saturated carbocycles. The first-order chi connectivity index (χ1) is 13.7. The van der Waals surface area contributed by atoms with E-state index in [0.29, 0.717) is 33.9 Å². The average molecular weight is 440 g/mol. The van der Waals surface area contributed by atoms with Crippen LogP contribution in [0.15, 0.2) is 30.3 Å². The molecule has 0 aromatic heterocycles. The number of nitrogens with zero attached hydrogens (tertiary/aromatic N) is 1. The molecule has 1 heterocycles. The van der Waals surface area contributed by atoms with Crippen LogP contribution in [0.3, 0.4) is 0 Å². The van der Waals surface area contributed by atoms with E-state index < -0.39 is 11.8 Å². The fraction of sp³-hybridized carbons (Fsp3) is 0.409. The summed E-state index contributed by atoms with van der Waals surface area (Å²) in [6, 6.07) is 8.33. The Balaban J connectivity index is 1.55. The van der Waals surface area contributed by atoms with Crippen molar-refractivity contribution in [1.29, 1.82) is 0 Å². The Morgan fingerprint density at radius 1 is 1.21 bits per heavy atom. The lowest BCUT2D eigenvalue weighted by atomic mass is 9.95. The van der Waals surface area contributed by atoms with Gasteiger partial charge in [-0.25, -0.2) is 9.18 Å². The molecule has 1 fully saturated rings. The Morgan fingerprint density at radius 2 is 1.83 bits per heavy atom. The second-order valence-electron chi connectivity index (χ2n) is 7.57. The van der Waals surface area contributed by atoms with Crippen LogP contribution in [0.5, 0.6) is 5.75 Å². The third-order valence-electron chi connectivity index (χ3n) is 5.53.